The quantitative estimate of drug-likeness (QED) is 0.516. The van der Waals surface area contributed by atoms with Gasteiger partial charge < -0.3 is 19.1 Å². The van der Waals surface area contributed by atoms with E-state index in [1.54, 1.807) is 32.9 Å². The molecule has 1 heterocycles. The fraction of sp³-hybridized carbons (Fsp3) is 0.579. The van der Waals surface area contributed by atoms with E-state index in [0.29, 0.717) is 0 Å². The molecule has 1 amide bonds. The van der Waals surface area contributed by atoms with Crippen LogP contribution in [0.2, 0.25) is 0 Å². The first kappa shape index (κ1) is 23.1. The SMILES string of the molecule is COC(=O)C1(COS(=O)(=O)c2ccc(C)cc2)CN(C(=O)OC(C)(C)C)CCO1. The summed E-state index contributed by atoms with van der Waals surface area (Å²) >= 11 is 0. The van der Waals surface area contributed by atoms with E-state index in [-0.39, 0.29) is 24.6 Å². The van der Waals surface area contributed by atoms with Crippen molar-refractivity contribution in [2.45, 2.75) is 43.8 Å². The number of rotatable bonds is 5. The molecule has 1 aromatic rings. The Hall–Kier alpha value is -2.17. The molecular formula is C19H27NO8S. The maximum Gasteiger partial charge on any atom is 0.410 e. The lowest BCUT2D eigenvalue weighted by molar-refractivity contribution is -0.185. The summed E-state index contributed by atoms with van der Waals surface area (Å²) < 4.78 is 45.8. The van der Waals surface area contributed by atoms with Crippen LogP contribution in [-0.4, -0.2) is 70.0 Å². The van der Waals surface area contributed by atoms with Gasteiger partial charge in [-0.15, -0.1) is 0 Å². The van der Waals surface area contributed by atoms with Crippen LogP contribution in [0.25, 0.3) is 0 Å². The zero-order valence-electron chi connectivity index (χ0n) is 17.3. The van der Waals surface area contributed by atoms with Crippen LogP contribution in [0.1, 0.15) is 26.3 Å². The van der Waals surface area contributed by atoms with Crippen molar-refractivity contribution in [3.63, 3.8) is 0 Å². The lowest BCUT2D eigenvalue weighted by Crippen LogP contribution is -2.61. The molecule has 1 unspecified atom stereocenters. The van der Waals surface area contributed by atoms with Gasteiger partial charge in [0, 0.05) is 6.54 Å². The van der Waals surface area contributed by atoms with Crippen LogP contribution in [0.5, 0.6) is 0 Å². The minimum Gasteiger partial charge on any atom is -0.467 e. The van der Waals surface area contributed by atoms with Crippen LogP contribution in [0, 0.1) is 6.92 Å². The maximum atomic E-state index is 12.5. The predicted octanol–water partition coefficient (Wildman–Crippen LogP) is 1.88. The third-order valence-electron chi connectivity index (χ3n) is 4.15. The van der Waals surface area contributed by atoms with E-state index < -0.39 is 40.0 Å². The zero-order chi connectivity index (χ0) is 21.9. The Kier molecular flexibility index (Phi) is 6.92. The molecule has 1 atom stereocenters. The molecule has 9 nitrogen and oxygen atoms in total. The smallest absolute Gasteiger partial charge is 0.410 e. The molecule has 0 saturated carbocycles. The Bertz CT molecular complexity index is 844. The molecule has 0 radical (unpaired) electrons. The molecule has 2 rings (SSSR count). The van der Waals surface area contributed by atoms with E-state index in [4.69, 9.17) is 18.4 Å². The number of nitrogens with zero attached hydrogens (tertiary/aromatic N) is 1. The van der Waals surface area contributed by atoms with Gasteiger partial charge in [0.2, 0.25) is 5.60 Å². The van der Waals surface area contributed by atoms with Crippen molar-refractivity contribution in [1.82, 2.24) is 4.90 Å². The van der Waals surface area contributed by atoms with Gasteiger partial charge in [-0.1, -0.05) is 17.7 Å². The summed E-state index contributed by atoms with van der Waals surface area (Å²) in [5, 5.41) is 0. The summed E-state index contributed by atoms with van der Waals surface area (Å²) in [5.41, 5.74) is -1.63. The van der Waals surface area contributed by atoms with Gasteiger partial charge in [0.05, 0.1) is 25.2 Å². The molecule has 0 spiro atoms. The number of hydrogen-bond acceptors (Lipinski definition) is 8. The van der Waals surface area contributed by atoms with Crippen LogP contribution in [0.3, 0.4) is 0 Å². The fourth-order valence-corrected chi connectivity index (χ4v) is 3.62. The first-order chi connectivity index (χ1) is 13.4. The van der Waals surface area contributed by atoms with Gasteiger partial charge in [-0.25, -0.2) is 9.59 Å². The number of morpholine rings is 1. The van der Waals surface area contributed by atoms with Crippen molar-refractivity contribution in [3.8, 4) is 0 Å². The number of benzene rings is 1. The molecule has 1 aliphatic rings. The molecule has 0 aliphatic carbocycles. The highest BCUT2D eigenvalue weighted by molar-refractivity contribution is 7.86. The molecule has 1 fully saturated rings. The van der Waals surface area contributed by atoms with Crippen molar-refractivity contribution in [2.75, 3.05) is 33.4 Å². The van der Waals surface area contributed by atoms with Gasteiger partial charge in [-0.2, -0.15) is 8.42 Å². The van der Waals surface area contributed by atoms with Crippen molar-refractivity contribution in [2.24, 2.45) is 0 Å². The van der Waals surface area contributed by atoms with Crippen LogP contribution in [0.4, 0.5) is 4.79 Å². The fourth-order valence-electron chi connectivity index (χ4n) is 2.67. The number of hydrogen-bond donors (Lipinski definition) is 0. The van der Waals surface area contributed by atoms with Crippen molar-refractivity contribution >= 4 is 22.2 Å². The van der Waals surface area contributed by atoms with E-state index in [1.165, 1.54) is 17.0 Å². The number of carbonyl (C=O) groups is 2. The molecule has 0 N–H and O–H groups in total. The number of amides is 1. The van der Waals surface area contributed by atoms with Gasteiger partial charge in [-0.05, 0) is 39.8 Å². The minimum atomic E-state index is -4.15. The van der Waals surface area contributed by atoms with Crippen molar-refractivity contribution < 1.29 is 36.4 Å². The molecule has 1 saturated heterocycles. The van der Waals surface area contributed by atoms with Crippen LogP contribution < -0.4 is 0 Å². The summed E-state index contributed by atoms with van der Waals surface area (Å²) in [5.74, 6) is -0.843. The molecular weight excluding hydrogens is 402 g/mol. The lowest BCUT2D eigenvalue weighted by Gasteiger charge is -2.40. The Labute approximate surface area is 171 Å². The number of methoxy groups -OCH3 is 1. The Morgan fingerprint density at radius 1 is 1.21 bits per heavy atom. The minimum absolute atomic E-state index is 0.0116. The Morgan fingerprint density at radius 3 is 2.38 bits per heavy atom. The average molecular weight is 429 g/mol. The van der Waals surface area contributed by atoms with Crippen LogP contribution in [0.15, 0.2) is 29.2 Å². The standard InChI is InChI=1S/C19H27NO8S/c1-14-6-8-15(9-7-14)29(23,24)27-13-19(16(21)25-5)12-20(10-11-26-19)17(22)28-18(2,3)4/h6-9H,10-13H2,1-5H3. The molecule has 1 aromatic carbocycles. The molecule has 0 aromatic heterocycles. The van der Waals surface area contributed by atoms with Gasteiger partial charge in [-0.3, -0.25) is 4.18 Å². The zero-order valence-corrected chi connectivity index (χ0v) is 18.1. The van der Waals surface area contributed by atoms with Crippen LogP contribution in [-0.2, 0) is 33.3 Å². The molecule has 0 bridgehead atoms. The van der Waals surface area contributed by atoms with E-state index in [0.717, 1.165) is 12.7 Å². The largest absolute Gasteiger partial charge is 0.467 e. The highest BCUT2D eigenvalue weighted by Gasteiger charge is 2.48. The Balaban J connectivity index is 2.20. The number of ether oxygens (including phenoxy) is 3. The van der Waals surface area contributed by atoms with Crippen molar-refractivity contribution in [3.05, 3.63) is 29.8 Å². The van der Waals surface area contributed by atoms with E-state index in [2.05, 4.69) is 0 Å². The second-order valence-electron chi connectivity index (χ2n) is 7.77. The van der Waals surface area contributed by atoms with Gasteiger partial charge >= 0.3 is 12.1 Å². The number of aryl methyl sites for hydroxylation is 1. The van der Waals surface area contributed by atoms with E-state index in [1.807, 2.05) is 6.92 Å². The summed E-state index contributed by atoms with van der Waals surface area (Å²) in [6, 6.07) is 6.08. The first-order valence-electron chi connectivity index (χ1n) is 9.05. The molecule has 1 aliphatic heterocycles. The number of esters is 1. The predicted molar refractivity (Wildman–Crippen MR) is 103 cm³/mol. The van der Waals surface area contributed by atoms with Gasteiger partial charge in [0.25, 0.3) is 10.1 Å². The number of carbonyl (C=O) groups excluding carboxylic acids is 2. The second kappa shape index (κ2) is 8.68. The summed E-state index contributed by atoms with van der Waals surface area (Å²) in [7, 11) is -3.00. The molecule has 162 valence electrons. The maximum absolute atomic E-state index is 12.5. The Morgan fingerprint density at radius 2 is 1.83 bits per heavy atom. The monoisotopic (exact) mass is 429 g/mol. The summed E-state index contributed by atoms with van der Waals surface area (Å²) in [4.78, 5) is 26.1. The highest BCUT2D eigenvalue weighted by Crippen LogP contribution is 2.25. The normalized spacial score (nSPS) is 20.2. The van der Waals surface area contributed by atoms with Gasteiger partial charge in [0.15, 0.2) is 0 Å². The lowest BCUT2D eigenvalue weighted by atomic mass is 10.0. The third kappa shape index (κ3) is 5.91. The van der Waals surface area contributed by atoms with E-state index in [9.17, 15) is 18.0 Å². The topological polar surface area (TPSA) is 108 Å². The third-order valence-corrected chi connectivity index (χ3v) is 5.43. The van der Waals surface area contributed by atoms with Crippen molar-refractivity contribution in [1.29, 1.82) is 0 Å². The average Bonchev–Trinajstić information content (AvgIpc) is 2.65. The van der Waals surface area contributed by atoms with Crippen LogP contribution >= 0.6 is 0 Å². The summed E-state index contributed by atoms with van der Waals surface area (Å²) in [6.45, 7) is 6.24. The molecule has 10 heteroatoms. The first-order valence-corrected chi connectivity index (χ1v) is 10.5. The van der Waals surface area contributed by atoms with E-state index >= 15 is 0 Å². The summed E-state index contributed by atoms with van der Waals surface area (Å²) in [6.07, 6.45) is -0.643. The second-order valence-corrected chi connectivity index (χ2v) is 9.38. The highest BCUT2D eigenvalue weighted by atomic mass is 32.2. The molecule has 29 heavy (non-hydrogen) atoms. The van der Waals surface area contributed by atoms with Gasteiger partial charge in [0.1, 0.15) is 12.2 Å².